The fourth-order valence-corrected chi connectivity index (χ4v) is 6.33. The predicted octanol–water partition coefficient (Wildman–Crippen LogP) is 2.06. The molecule has 3 heterocycles. The van der Waals surface area contributed by atoms with Crippen LogP contribution < -0.4 is 10.2 Å². The third kappa shape index (κ3) is 4.54. The summed E-state index contributed by atoms with van der Waals surface area (Å²) in [5.41, 5.74) is 3.75. The number of nitrogens with one attached hydrogen (secondary N) is 1. The lowest BCUT2D eigenvalue weighted by Crippen LogP contribution is -2.36. The number of amides is 1. The Balaban J connectivity index is 1.27. The van der Waals surface area contributed by atoms with Gasteiger partial charge in [-0.2, -0.15) is 0 Å². The van der Waals surface area contributed by atoms with E-state index >= 15 is 0 Å². The number of carbonyl (C=O) groups excluding carboxylic acids is 1. The number of fused-ring (bicyclic) bond motifs is 3. The second kappa shape index (κ2) is 8.86. The zero-order valence-corrected chi connectivity index (χ0v) is 19.1. The van der Waals surface area contributed by atoms with Gasteiger partial charge in [0, 0.05) is 43.2 Å². The van der Waals surface area contributed by atoms with E-state index in [-0.39, 0.29) is 11.7 Å². The van der Waals surface area contributed by atoms with Gasteiger partial charge in [-0.15, -0.1) is 4.40 Å². The zero-order chi connectivity index (χ0) is 22.1. The van der Waals surface area contributed by atoms with Crippen LogP contribution in [-0.2, 0) is 27.8 Å². The molecular weight excluding hydrogens is 448 g/mol. The summed E-state index contributed by atoms with van der Waals surface area (Å²) in [4.78, 5) is 18.0. The maximum atomic E-state index is 12.8. The highest BCUT2D eigenvalue weighted by atomic mass is 32.2. The Kier molecular flexibility index (Phi) is 5.93. The summed E-state index contributed by atoms with van der Waals surface area (Å²) in [5, 5.41) is 3.49. The van der Waals surface area contributed by atoms with Gasteiger partial charge in [0.1, 0.15) is 0 Å². The molecule has 3 aliphatic rings. The number of anilines is 1. The van der Waals surface area contributed by atoms with E-state index in [2.05, 4.69) is 20.7 Å². The number of hydrogen-bond acceptors (Lipinski definition) is 7. The smallest absolute Gasteiger partial charge is 0.257 e. The van der Waals surface area contributed by atoms with Crippen LogP contribution in [0.5, 0.6) is 0 Å². The van der Waals surface area contributed by atoms with Crippen LogP contribution in [0.4, 0.5) is 5.69 Å². The van der Waals surface area contributed by atoms with Crippen molar-refractivity contribution >= 4 is 38.5 Å². The molecule has 0 aromatic heterocycles. The molecule has 0 unspecified atom stereocenters. The van der Waals surface area contributed by atoms with E-state index in [0.29, 0.717) is 23.8 Å². The van der Waals surface area contributed by atoms with E-state index in [0.717, 1.165) is 49.0 Å². The van der Waals surface area contributed by atoms with Gasteiger partial charge in [0.2, 0.25) is 0 Å². The van der Waals surface area contributed by atoms with E-state index in [1.807, 2.05) is 35.2 Å². The predicted molar refractivity (Wildman–Crippen MR) is 125 cm³/mol. The minimum absolute atomic E-state index is 0.00258. The number of rotatable bonds is 5. The molecule has 1 fully saturated rings. The first-order chi connectivity index (χ1) is 15.5. The molecule has 8 nitrogen and oxygen atoms in total. The van der Waals surface area contributed by atoms with Gasteiger partial charge in [-0.05, 0) is 41.1 Å². The number of hydrogen-bond donors (Lipinski definition) is 1. The highest BCUT2D eigenvalue weighted by Crippen LogP contribution is 2.42. The molecule has 2 aromatic rings. The molecule has 1 saturated heterocycles. The molecule has 0 aliphatic carbocycles. The number of amidine groups is 1. The standard InChI is InChI=1S/C22H24N4O4S2/c27-21(23-14-17-3-1-2-4-18(17)15-25-7-10-30-11-8-25)16-5-6-19-20(13-16)31-22-24-32(28,29)12-9-26(19)22/h1-6,13H,7-12,14-15H2,(H,23,27). The molecule has 3 aliphatic heterocycles. The molecule has 32 heavy (non-hydrogen) atoms. The SMILES string of the molecule is O=C(NCc1ccccc1CN1CCOCC1)c1ccc2c(c1)SC1=NS(=O)(=O)CCN12. The van der Waals surface area contributed by atoms with Crippen LogP contribution in [0.25, 0.3) is 0 Å². The fourth-order valence-electron chi connectivity index (χ4n) is 4.03. The summed E-state index contributed by atoms with van der Waals surface area (Å²) < 4.78 is 32.9. The number of carbonyl (C=O) groups is 1. The first kappa shape index (κ1) is 21.4. The number of morpholine rings is 1. The van der Waals surface area contributed by atoms with Crippen molar-refractivity contribution in [3.8, 4) is 0 Å². The Morgan fingerprint density at radius 2 is 1.88 bits per heavy atom. The van der Waals surface area contributed by atoms with Gasteiger partial charge in [-0.1, -0.05) is 24.3 Å². The number of benzene rings is 2. The Morgan fingerprint density at radius 3 is 2.69 bits per heavy atom. The normalized spacial score (nSPS) is 19.8. The van der Waals surface area contributed by atoms with Crippen LogP contribution >= 0.6 is 11.8 Å². The second-order valence-electron chi connectivity index (χ2n) is 7.94. The Morgan fingerprint density at radius 1 is 1.09 bits per heavy atom. The van der Waals surface area contributed by atoms with Crippen LogP contribution in [0.3, 0.4) is 0 Å². The third-order valence-corrected chi connectivity index (χ3v) is 8.10. The Labute approximate surface area is 191 Å². The Bertz CT molecular complexity index is 1180. The number of thioether (sulfide) groups is 1. The average molecular weight is 473 g/mol. The quantitative estimate of drug-likeness (QED) is 0.712. The van der Waals surface area contributed by atoms with Crippen molar-refractivity contribution in [2.45, 2.75) is 18.0 Å². The van der Waals surface area contributed by atoms with Crippen molar-refractivity contribution in [1.82, 2.24) is 10.2 Å². The molecule has 0 radical (unpaired) electrons. The summed E-state index contributed by atoms with van der Waals surface area (Å²) in [7, 11) is -3.40. The van der Waals surface area contributed by atoms with Gasteiger partial charge in [0.15, 0.2) is 5.17 Å². The van der Waals surface area contributed by atoms with E-state index in [4.69, 9.17) is 4.74 Å². The molecule has 1 N–H and O–H groups in total. The van der Waals surface area contributed by atoms with Crippen molar-refractivity contribution < 1.29 is 17.9 Å². The third-order valence-electron chi connectivity index (χ3n) is 5.79. The largest absolute Gasteiger partial charge is 0.379 e. The van der Waals surface area contributed by atoms with Gasteiger partial charge in [0.25, 0.3) is 15.9 Å². The fraction of sp³-hybridized carbons (Fsp3) is 0.364. The van der Waals surface area contributed by atoms with E-state index in [1.54, 1.807) is 6.07 Å². The van der Waals surface area contributed by atoms with Crippen LogP contribution in [0, 0.1) is 0 Å². The molecule has 2 aromatic carbocycles. The highest BCUT2D eigenvalue weighted by molar-refractivity contribution is 8.15. The van der Waals surface area contributed by atoms with Crippen molar-refractivity contribution in [1.29, 1.82) is 0 Å². The van der Waals surface area contributed by atoms with Crippen LogP contribution in [-0.4, -0.2) is 63.0 Å². The summed E-state index contributed by atoms with van der Waals surface area (Å²) in [5.74, 6) is -0.156. The van der Waals surface area contributed by atoms with Crippen molar-refractivity contribution in [3.63, 3.8) is 0 Å². The second-order valence-corrected chi connectivity index (χ2v) is 10.7. The molecule has 1 amide bonds. The minimum Gasteiger partial charge on any atom is -0.379 e. The van der Waals surface area contributed by atoms with Gasteiger partial charge in [0.05, 0.1) is 24.7 Å². The summed E-state index contributed by atoms with van der Waals surface area (Å²) in [6, 6.07) is 13.6. The summed E-state index contributed by atoms with van der Waals surface area (Å²) in [6.45, 7) is 5.00. The summed E-state index contributed by atoms with van der Waals surface area (Å²) in [6.07, 6.45) is 0. The van der Waals surface area contributed by atoms with Crippen LogP contribution in [0.1, 0.15) is 21.5 Å². The zero-order valence-electron chi connectivity index (χ0n) is 17.5. The van der Waals surface area contributed by atoms with Crippen LogP contribution in [0.2, 0.25) is 0 Å². The minimum atomic E-state index is -3.40. The van der Waals surface area contributed by atoms with E-state index in [9.17, 15) is 13.2 Å². The lowest BCUT2D eigenvalue weighted by molar-refractivity contribution is 0.0340. The molecule has 0 spiro atoms. The number of nitrogens with zero attached hydrogens (tertiary/aromatic N) is 3. The van der Waals surface area contributed by atoms with Crippen molar-refractivity contribution in [2.24, 2.45) is 4.40 Å². The molecule has 0 saturated carbocycles. The van der Waals surface area contributed by atoms with Crippen molar-refractivity contribution in [3.05, 3.63) is 59.2 Å². The van der Waals surface area contributed by atoms with Gasteiger partial charge in [-0.25, -0.2) is 8.42 Å². The topological polar surface area (TPSA) is 91.3 Å². The van der Waals surface area contributed by atoms with Crippen LogP contribution in [0.15, 0.2) is 51.8 Å². The Hall–Kier alpha value is -2.40. The van der Waals surface area contributed by atoms with Gasteiger partial charge in [-0.3, -0.25) is 9.69 Å². The maximum Gasteiger partial charge on any atom is 0.257 e. The molecule has 0 bridgehead atoms. The van der Waals surface area contributed by atoms with Crippen molar-refractivity contribution in [2.75, 3.05) is 43.5 Å². The van der Waals surface area contributed by atoms with E-state index in [1.165, 1.54) is 17.3 Å². The molecule has 10 heteroatoms. The van der Waals surface area contributed by atoms with Gasteiger partial charge >= 0.3 is 0 Å². The first-order valence-corrected chi connectivity index (χ1v) is 13.0. The highest BCUT2D eigenvalue weighted by Gasteiger charge is 2.33. The lowest BCUT2D eigenvalue weighted by Gasteiger charge is -2.27. The molecule has 5 rings (SSSR count). The van der Waals surface area contributed by atoms with E-state index < -0.39 is 10.0 Å². The molecular formula is C22H24N4O4S2. The summed E-state index contributed by atoms with van der Waals surface area (Å²) >= 11 is 1.29. The number of ether oxygens (including phenoxy) is 1. The lowest BCUT2D eigenvalue weighted by atomic mass is 10.1. The number of sulfonamides is 1. The molecule has 0 atom stereocenters. The average Bonchev–Trinajstić information content (AvgIpc) is 3.14. The maximum absolute atomic E-state index is 12.8. The first-order valence-electron chi connectivity index (χ1n) is 10.6. The van der Waals surface area contributed by atoms with Gasteiger partial charge < -0.3 is 15.0 Å². The molecule has 168 valence electrons. The monoisotopic (exact) mass is 472 g/mol.